The van der Waals surface area contributed by atoms with E-state index in [-0.39, 0.29) is 30.1 Å². The van der Waals surface area contributed by atoms with Gasteiger partial charge in [0.05, 0.1) is 13.1 Å². The van der Waals surface area contributed by atoms with Crippen molar-refractivity contribution in [3.8, 4) is 17.1 Å². The first-order chi connectivity index (χ1) is 13.8. The molecule has 0 radical (unpaired) electrons. The Labute approximate surface area is 187 Å². The molecule has 2 aromatic carbocycles. The average molecular weight is 504 g/mol. The number of nitrogens with one attached hydrogen (secondary N) is 2. The third-order valence-electron chi connectivity index (χ3n) is 4.57. The van der Waals surface area contributed by atoms with Gasteiger partial charge in [-0.25, -0.2) is 4.99 Å². The molecule has 1 aromatic heterocycles. The Kier molecular flexibility index (Phi) is 7.51. The minimum absolute atomic E-state index is 0. The Hall–Kier alpha value is -2.55. The zero-order chi connectivity index (χ0) is 19.2. The standard InChI is InChI=1S/C22H24N4O2.HI/c1-2-23-22(25-15-19-12-17-10-6-7-11-20(17)27-19)24-14-18-13-21(28-26-18)16-8-4-3-5-9-16;/h3-11,13,19H,2,12,14-15H2,1H3,(H2,23,24,25);1H. The maximum absolute atomic E-state index is 5.98. The number of halogens is 1. The second-order valence-electron chi connectivity index (χ2n) is 6.68. The minimum atomic E-state index is 0. The van der Waals surface area contributed by atoms with Gasteiger partial charge in [0.1, 0.15) is 17.5 Å². The summed E-state index contributed by atoms with van der Waals surface area (Å²) >= 11 is 0. The monoisotopic (exact) mass is 504 g/mol. The van der Waals surface area contributed by atoms with Gasteiger partial charge in [0.15, 0.2) is 11.7 Å². The predicted octanol–water partition coefficient (Wildman–Crippen LogP) is 4.02. The number of fused-ring (bicyclic) bond motifs is 1. The first-order valence-corrected chi connectivity index (χ1v) is 9.59. The highest BCUT2D eigenvalue weighted by molar-refractivity contribution is 14.0. The smallest absolute Gasteiger partial charge is 0.191 e. The average Bonchev–Trinajstić information content (AvgIpc) is 3.37. The van der Waals surface area contributed by atoms with E-state index in [2.05, 4.69) is 26.8 Å². The van der Waals surface area contributed by atoms with Crippen molar-refractivity contribution in [2.75, 3.05) is 13.1 Å². The summed E-state index contributed by atoms with van der Waals surface area (Å²) in [5.74, 6) is 2.47. The van der Waals surface area contributed by atoms with E-state index in [9.17, 15) is 0 Å². The lowest BCUT2D eigenvalue weighted by molar-refractivity contribution is 0.235. The number of ether oxygens (including phenoxy) is 1. The van der Waals surface area contributed by atoms with Gasteiger partial charge < -0.3 is 19.9 Å². The third-order valence-corrected chi connectivity index (χ3v) is 4.57. The molecule has 0 saturated carbocycles. The number of aromatic nitrogens is 1. The van der Waals surface area contributed by atoms with Crippen LogP contribution in [0.2, 0.25) is 0 Å². The van der Waals surface area contributed by atoms with Crippen LogP contribution in [0.15, 0.2) is 70.2 Å². The molecule has 0 fully saturated rings. The van der Waals surface area contributed by atoms with Crippen LogP contribution < -0.4 is 15.4 Å². The number of para-hydroxylation sites is 1. The van der Waals surface area contributed by atoms with Crippen molar-refractivity contribution >= 4 is 29.9 Å². The largest absolute Gasteiger partial charge is 0.488 e. The van der Waals surface area contributed by atoms with Gasteiger partial charge in [0, 0.05) is 24.6 Å². The zero-order valence-corrected chi connectivity index (χ0v) is 18.6. The van der Waals surface area contributed by atoms with Gasteiger partial charge >= 0.3 is 0 Å². The Morgan fingerprint density at radius 1 is 1.10 bits per heavy atom. The summed E-state index contributed by atoms with van der Waals surface area (Å²) in [7, 11) is 0. The second-order valence-corrected chi connectivity index (χ2v) is 6.68. The lowest BCUT2D eigenvalue weighted by Gasteiger charge is -2.15. The van der Waals surface area contributed by atoms with Crippen molar-refractivity contribution in [2.24, 2.45) is 4.99 Å². The third kappa shape index (κ3) is 5.50. The van der Waals surface area contributed by atoms with Crippen molar-refractivity contribution in [1.29, 1.82) is 0 Å². The van der Waals surface area contributed by atoms with Gasteiger partial charge in [-0.3, -0.25) is 0 Å². The number of rotatable bonds is 6. The summed E-state index contributed by atoms with van der Waals surface area (Å²) in [6.45, 7) is 3.96. The topological polar surface area (TPSA) is 71.7 Å². The Morgan fingerprint density at radius 3 is 2.69 bits per heavy atom. The van der Waals surface area contributed by atoms with Crippen molar-refractivity contribution in [3.05, 3.63) is 71.9 Å². The molecule has 29 heavy (non-hydrogen) atoms. The van der Waals surface area contributed by atoms with Crippen LogP contribution >= 0.6 is 24.0 Å². The number of benzene rings is 2. The summed E-state index contributed by atoms with van der Waals surface area (Å²) < 4.78 is 11.4. The quantitative estimate of drug-likeness (QED) is 0.302. The molecule has 1 aliphatic heterocycles. The zero-order valence-electron chi connectivity index (χ0n) is 16.3. The number of hydrogen-bond acceptors (Lipinski definition) is 4. The maximum atomic E-state index is 5.98. The highest BCUT2D eigenvalue weighted by Gasteiger charge is 2.22. The Balaban J connectivity index is 0.00000240. The molecule has 3 aromatic rings. The summed E-state index contributed by atoms with van der Waals surface area (Å²) in [6.07, 6.45) is 1.02. The van der Waals surface area contributed by atoms with E-state index < -0.39 is 0 Å². The molecule has 152 valence electrons. The molecule has 0 bridgehead atoms. The first kappa shape index (κ1) is 21.2. The number of guanidine groups is 1. The summed E-state index contributed by atoms with van der Waals surface area (Å²) in [5, 5.41) is 10.8. The summed E-state index contributed by atoms with van der Waals surface area (Å²) in [5.41, 5.74) is 3.06. The minimum Gasteiger partial charge on any atom is -0.488 e. The molecule has 4 rings (SSSR count). The molecule has 0 saturated heterocycles. The normalized spacial score (nSPS) is 15.2. The summed E-state index contributed by atoms with van der Waals surface area (Å²) in [4.78, 5) is 4.62. The molecule has 2 N–H and O–H groups in total. The van der Waals surface area contributed by atoms with Gasteiger partial charge in [0.2, 0.25) is 0 Å². The van der Waals surface area contributed by atoms with Gasteiger partial charge in [-0.1, -0.05) is 53.7 Å². The van der Waals surface area contributed by atoms with Crippen molar-refractivity contribution < 1.29 is 9.26 Å². The van der Waals surface area contributed by atoms with E-state index in [1.54, 1.807) is 0 Å². The van der Waals surface area contributed by atoms with Crippen LogP contribution in [0.25, 0.3) is 11.3 Å². The molecule has 7 heteroatoms. The van der Waals surface area contributed by atoms with E-state index in [4.69, 9.17) is 9.26 Å². The van der Waals surface area contributed by atoms with Gasteiger partial charge in [-0.15, -0.1) is 24.0 Å². The highest BCUT2D eigenvalue weighted by Crippen LogP contribution is 2.27. The van der Waals surface area contributed by atoms with E-state index in [0.29, 0.717) is 13.1 Å². The van der Waals surface area contributed by atoms with E-state index >= 15 is 0 Å². The predicted molar refractivity (Wildman–Crippen MR) is 125 cm³/mol. The first-order valence-electron chi connectivity index (χ1n) is 9.59. The maximum Gasteiger partial charge on any atom is 0.191 e. The van der Waals surface area contributed by atoms with Crippen LogP contribution in [0.5, 0.6) is 5.75 Å². The van der Waals surface area contributed by atoms with Gasteiger partial charge in [0.25, 0.3) is 0 Å². The Morgan fingerprint density at radius 2 is 1.90 bits per heavy atom. The van der Waals surface area contributed by atoms with Crippen LogP contribution in [0.4, 0.5) is 0 Å². The lowest BCUT2D eigenvalue weighted by Crippen LogP contribution is -2.42. The molecule has 0 aliphatic carbocycles. The summed E-state index contributed by atoms with van der Waals surface area (Å²) in [6, 6.07) is 20.0. The molecule has 0 spiro atoms. The van der Waals surface area contributed by atoms with Crippen molar-refractivity contribution in [2.45, 2.75) is 26.0 Å². The number of hydrogen-bond donors (Lipinski definition) is 2. The Bertz CT molecular complexity index is 918. The number of aliphatic imine (C=N–C) groups is 1. The van der Waals surface area contributed by atoms with Crippen LogP contribution in [0.3, 0.4) is 0 Å². The molecule has 1 atom stereocenters. The molecule has 1 aliphatic rings. The molecule has 0 amide bonds. The fraction of sp³-hybridized carbons (Fsp3) is 0.273. The van der Waals surface area contributed by atoms with E-state index in [0.717, 1.165) is 41.7 Å². The number of nitrogens with zero attached hydrogens (tertiary/aromatic N) is 2. The highest BCUT2D eigenvalue weighted by atomic mass is 127. The van der Waals surface area contributed by atoms with Crippen LogP contribution in [-0.2, 0) is 13.0 Å². The molecule has 6 nitrogen and oxygen atoms in total. The second kappa shape index (κ2) is 10.3. The van der Waals surface area contributed by atoms with Gasteiger partial charge in [-0.2, -0.15) is 0 Å². The molecule has 1 unspecified atom stereocenters. The fourth-order valence-corrected chi connectivity index (χ4v) is 3.20. The SMILES string of the molecule is CCNC(=NCc1cc(-c2ccccc2)on1)NCC1Cc2ccccc2O1.I. The fourth-order valence-electron chi connectivity index (χ4n) is 3.20. The lowest BCUT2D eigenvalue weighted by atomic mass is 10.1. The van der Waals surface area contributed by atoms with Crippen molar-refractivity contribution in [3.63, 3.8) is 0 Å². The van der Waals surface area contributed by atoms with E-state index in [1.165, 1.54) is 5.56 Å². The van der Waals surface area contributed by atoms with E-state index in [1.807, 2.05) is 61.5 Å². The molecular formula is C22H25IN4O2. The van der Waals surface area contributed by atoms with Crippen molar-refractivity contribution in [1.82, 2.24) is 15.8 Å². The molecule has 2 heterocycles. The molecular weight excluding hydrogens is 479 g/mol. The van der Waals surface area contributed by atoms with Crippen LogP contribution in [-0.4, -0.2) is 30.3 Å². The van der Waals surface area contributed by atoms with Gasteiger partial charge in [-0.05, 0) is 18.6 Å². The van der Waals surface area contributed by atoms with Crippen LogP contribution in [0, 0.1) is 0 Å². The van der Waals surface area contributed by atoms with Crippen LogP contribution in [0.1, 0.15) is 18.2 Å².